The van der Waals surface area contributed by atoms with Crippen LogP contribution in [-0.4, -0.2) is 86.0 Å². The van der Waals surface area contributed by atoms with Crippen LogP contribution in [0.1, 0.15) is 80.4 Å². The van der Waals surface area contributed by atoms with E-state index in [4.69, 9.17) is 5.73 Å². The minimum absolute atomic E-state index is 0.0312. The van der Waals surface area contributed by atoms with Gasteiger partial charge in [-0.1, -0.05) is 86.0 Å². The maximum atomic E-state index is 14.4. The van der Waals surface area contributed by atoms with Gasteiger partial charge in [-0.15, -0.1) is 0 Å². The van der Waals surface area contributed by atoms with Gasteiger partial charge >= 0.3 is 19.5 Å². The Morgan fingerprint density at radius 2 is 1.60 bits per heavy atom. The fourth-order valence-corrected chi connectivity index (χ4v) is 8.52. The Bertz CT molecular complexity index is 1950. The molecule has 1 heterocycles. The van der Waals surface area contributed by atoms with Gasteiger partial charge in [-0.2, -0.15) is 0 Å². The molecule has 1 saturated carbocycles. The van der Waals surface area contributed by atoms with Crippen LogP contribution in [0.4, 0.5) is 0 Å². The van der Waals surface area contributed by atoms with Crippen LogP contribution < -0.4 is 21.7 Å². The fourth-order valence-electron chi connectivity index (χ4n) is 7.83. The monoisotopic (exact) mass is 777 g/mol. The number of fused-ring (bicyclic) bond motifs is 1. The number of carboxylic acid groups (broad SMARTS) is 1. The quantitative estimate of drug-likeness (QED) is 0.0717. The Balaban J connectivity index is 1.33. The number of rotatable bonds is 14. The van der Waals surface area contributed by atoms with Gasteiger partial charge in [0.1, 0.15) is 17.6 Å². The molecule has 0 bridgehead atoms. The molecule has 0 radical (unpaired) electrons. The van der Waals surface area contributed by atoms with Gasteiger partial charge in [0.15, 0.2) is 0 Å². The van der Waals surface area contributed by atoms with Gasteiger partial charge in [0.2, 0.25) is 23.6 Å². The Labute approximate surface area is 318 Å². The topological polar surface area (TPSA) is 246 Å². The molecule has 3 aromatic carbocycles. The molecule has 16 heteroatoms. The lowest BCUT2D eigenvalue weighted by Gasteiger charge is -2.43. The minimum Gasteiger partial charge on any atom is -0.474 e. The summed E-state index contributed by atoms with van der Waals surface area (Å²) < 4.78 is 11.5. The smallest absolute Gasteiger partial charge is 0.394 e. The number of likely N-dealkylation sites (tertiary alicyclic amines) is 1. The summed E-state index contributed by atoms with van der Waals surface area (Å²) in [5.74, 6) is -6.66. The predicted octanol–water partition coefficient (Wildman–Crippen LogP) is 2.61. The van der Waals surface area contributed by atoms with E-state index in [-0.39, 0.29) is 25.9 Å². The van der Waals surface area contributed by atoms with Crippen molar-refractivity contribution in [3.05, 3.63) is 83.4 Å². The third kappa shape index (κ3) is 10.6. The molecule has 0 unspecified atom stereocenters. The molecule has 1 saturated heterocycles. The number of carboxylic acids is 1. The molecule has 1 aliphatic heterocycles. The Kier molecular flexibility index (Phi) is 13.5. The number of nitrogens with one attached hydrogen (secondary N) is 3. The average Bonchev–Trinajstić information content (AvgIpc) is 3.15. The molecule has 0 aromatic heterocycles. The first-order valence-corrected chi connectivity index (χ1v) is 20.3. The van der Waals surface area contributed by atoms with Crippen molar-refractivity contribution in [2.75, 3.05) is 13.1 Å². The molecule has 55 heavy (non-hydrogen) atoms. The van der Waals surface area contributed by atoms with Crippen LogP contribution >= 0.6 is 7.60 Å². The number of piperidine rings is 1. The van der Waals surface area contributed by atoms with Crippen molar-refractivity contribution in [2.24, 2.45) is 5.73 Å². The van der Waals surface area contributed by atoms with E-state index in [0.717, 1.165) is 27.7 Å². The third-order valence-corrected chi connectivity index (χ3v) is 11.3. The van der Waals surface area contributed by atoms with Crippen molar-refractivity contribution >= 4 is 53.9 Å². The molecule has 15 nitrogen and oxygen atoms in total. The summed E-state index contributed by atoms with van der Waals surface area (Å²) >= 11 is 0. The second kappa shape index (κ2) is 18.0. The number of nitrogens with zero attached hydrogens (tertiary/aromatic N) is 1. The number of aryl methyl sites for hydroxylation is 1. The van der Waals surface area contributed by atoms with Crippen molar-refractivity contribution in [3.63, 3.8) is 0 Å². The average molecular weight is 778 g/mol. The molecular weight excluding hydrogens is 729 g/mol. The minimum atomic E-state index is -4.36. The molecule has 3 aromatic rings. The van der Waals surface area contributed by atoms with Crippen LogP contribution in [0.2, 0.25) is 0 Å². The highest BCUT2D eigenvalue weighted by atomic mass is 31.2. The second-order valence-corrected chi connectivity index (χ2v) is 16.1. The number of carbonyl (C=O) groups excluding carboxylic acids is 5. The first kappa shape index (κ1) is 41.1. The van der Waals surface area contributed by atoms with Gasteiger partial charge < -0.3 is 41.5 Å². The van der Waals surface area contributed by atoms with Crippen LogP contribution in [-0.2, 0) is 45.9 Å². The number of hydrogen-bond donors (Lipinski definition) is 7. The van der Waals surface area contributed by atoms with Crippen LogP contribution in [0, 0.1) is 0 Å². The highest BCUT2D eigenvalue weighted by Gasteiger charge is 2.48. The molecule has 8 N–H and O–H groups in total. The van der Waals surface area contributed by atoms with Gasteiger partial charge in [0.05, 0.1) is 12.6 Å². The molecule has 2 fully saturated rings. The summed E-state index contributed by atoms with van der Waals surface area (Å²) in [5, 5.41) is 20.2. The molecule has 2 aliphatic rings. The highest BCUT2D eigenvalue weighted by Crippen LogP contribution is 2.40. The van der Waals surface area contributed by atoms with E-state index < -0.39 is 79.2 Å². The van der Waals surface area contributed by atoms with E-state index in [9.17, 15) is 48.2 Å². The first-order valence-electron chi connectivity index (χ1n) is 18.5. The Morgan fingerprint density at radius 1 is 0.909 bits per heavy atom. The van der Waals surface area contributed by atoms with Crippen LogP contribution in [0.5, 0.6) is 0 Å². The number of primary amides is 1. The molecule has 3 atom stereocenters. The van der Waals surface area contributed by atoms with E-state index in [2.05, 4.69) is 16.0 Å². The number of amides is 5. The lowest BCUT2D eigenvalue weighted by molar-refractivity contribution is -0.160. The number of carbonyl (C=O) groups is 6. The number of benzene rings is 3. The van der Waals surface area contributed by atoms with Crippen molar-refractivity contribution < 1.29 is 48.2 Å². The van der Waals surface area contributed by atoms with Gasteiger partial charge in [-0.05, 0) is 66.0 Å². The fraction of sp³-hybridized carbons (Fsp3) is 0.436. The zero-order valence-electron chi connectivity index (χ0n) is 30.4. The number of nitrogens with two attached hydrogens (primary N) is 1. The summed E-state index contributed by atoms with van der Waals surface area (Å²) in [5.41, 5.74) is 5.95. The maximum Gasteiger partial charge on any atom is 0.394 e. The largest absolute Gasteiger partial charge is 0.474 e. The van der Waals surface area contributed by atoms with E-state index in [1.165, 1.54) is 12.1 Å². The standard InChI is InChI=1S/C39H48N5O10P/c40-32(45)23-31(34(46)41-21-7-12-27-11-6-10-26-9-2-3-13-29(26)27)42-38(51)39(19-4-1-5-20-39)43-35(47)33-30(14-8-22-44(33)36(48)37(49)50)28-17-15-25(16-18-28)24-55(52,53)54/h2-3,6,9-11,13,15-18,30-31,33H,1,4-5,7-8,12,14,19-24H2,(H2,40,45)(H,41,46)(H,42,51)(H,43,47)(H,49,50)(H2,52,53,54)/t30-,31+,33+/m1/s1. The lowest BCUT2D eigenvalue weighted by atomic mass is 9.78. The zero-order chi connectivity index (χ0) is 39.8. The van der Waals surface area contributed by atoms with Crippen LogP contribution in [0.15, 0.2) is 66.7 Å². The van der Waals surface area contributed by atoms with Gasteiger partial charge in [0, 0.05) is 19.0 Å². The molecule has 1 aliphatic carbocycles. The summed E-state index contributed by atoms with van der Waals surface area (Å²) in [6, 6.07) is 17.5. The van der Waals surface area contributed by atoms with Crippen molar-refractivity contribution in [3.8, 4) is 0 Å². The number of hydrogen-bond acceptors (Lipinski definition) is 7. The first-order chi connectivity index (χ1) is 26.2. The predicted molar refractivity (Wildman–Crippen MR) is 202 cm³/mol. The van der Waals surface area contributed by atoms with E-state index in [1.54, 1.807) is 12.1 Å². The van der Waals surface area contributed by atoms with Crippen molar-refractivity contribution in [1.29, 1.82) is 0 Å². The molecule has 0 spiro atoms. The lowest BCUT2D eigenvalue weighted by Crippen LogP contribution is -2.66. The second-order valence-electron chi connectivity index (χ2n) is 14.4. The van der Waals surface area contributed by atoms with Gasteiger partial charge in [-0.3, -0.25) is 28.5 Å². The summed E-state index contributed by atoms with van der Waals surface area (Å²) in [7, 11) is -4.36. The van der Waals surface area contributed by atoms with Gasteiger partial charge in [0.25, 0.3) is 0 Å². The van der Waals surface area contributed by atoms with E-state index in [1.807, 2.05) is 42.5 Å². The SMILES string of the molecule is NC(=O)C[C@H](NC(=O)C1(NC(=O)[C@@H]2[C@@H](c3ccc(CP(=O)(O)O)cc3)CCCN2C(=O)C(=O)O)CCCCC1)C(=O)NCCCc1cccc2ccccc12. The normalized spacial score (nSPS) is 18.8. The Morgan fingerprint density at radius 3 is 2.27 bits per heavy atom. The molecule has 5 rings (SSSR count). The van der Waals surface area contributed by atoms with Crippen molar-refractivity contribution in [1.82, 2.24) is 20.9 Å². The Hall–Kier alpha value is -5.11. The third-order valence-electron chi connectivity index (χ3n) is 10.5. The molecular formula is C39H48N5O10P. The van der Waals surface area contributed by atoms with Gasteiger partial charge in [-0.25, -0.2) is 4.79 Å². The van der Waals surface area contributed by atoms with Crippen LogP contribution in [0.25, 0.3) is 10.8 Å². The van der Waals surface area contributed by atoms with Crippen molar-refractivity contribution in [2.45, 2.75) is 93.9 Å². The maximum absolute atomic E-state index is 14.4. The van der Waals surface area contributed by atoms with Crippen LogP contribution in [0.3, 0.4) is 0 Å². The van der Waals surface area contributed by atoms with E-state index in [0.29, 0.717) is 49.7 Å². The zero-order valence-corrected chi connectivity index (χ0v) is 31.3. The van der Waals surface area contributed by atoms with E-state index >= 15 is 0 Å². The molecule has 294 valence electrons. The highest BCUT2D eigenvalue weighted by molar-refractivity contribution is 7.50. The number of aliphatic carboxylic acids is 1. The summed E-state index contributed by atoms with van der Waals surface area (Å²) in [6.45, 7) is 0.225. The summed E-state index contributed by atoms with van der Waals surface area (Å²) in [4.78, 5) is 98.7. The molecule has 5 amide bonds. The summed E-state index contributed by atoms with van der Waals surface area (Å²) in [6.07, 6.45) is 3.23.